The number of nitrogens with one attached hydrogen (secondary N) is 1. The fraction of sp³-hybridized carbons (Fsp3) is 0.310. The zero-order valence-corrected chi connectivity index (χ0v) is 22.3. The van der Waals surface area contributed by atoms with Gasteiger partial charge < -0.3 is 19.4 Å². The molecule has 1 aliphatic heterocycles. The standard InChI is InChI=1S/C29H30BNO5S/c1-28(2)29(3,4)36-30(35-28)20(13-19-14-21(16-32)37-18-19)15-31-27(33)34-17-26-24-11-7-5-9-22(24)23-10-6-8-12-25(23)26/h5-14,16,18,26H,15,17H2,1-4H3,(H,31,33). The van der Waals surface area contributed by atoms with Gasteiger partial charge in [-0.2, -0.15) is 0 Å². The fourth-order valence-corrected chi connectivity index (χ4v) is 5.41. The van der Waals surface area contributed by atoms with Crippen molar-refractivity contribution < 1.29 is 23.6 Å². The van der Waals surface area contributed by atoms with Gasteiger partial charge >= 0.3 is 13.2 Å². The third-order valence-electron chi connectivity index (χ3n) is 7.44. The molecule has 2 aliphatic rings. The number of carbonyl (C=O) groups is 2. The van der Waals surface area contributed by atoms with Crippen LogP contribution >= 0.6 is 11.3 Å². The summed E-state index contributed by atoms with van der Waals surface area (Å²) >= 11 is 1.36. The number of hydrogen-bond acceptors (Lipinski definition) is 6. The summed E-state index contributed by atoms with van der Waals surface area (Å²) in [6, 6.07) is 18.3. The van der Waals surface area contributed by atoms with Crippen LogP contribution in [0, 0.1) is 0 Å². The number of thiophene rings is 1. The van der Waals surface area contributed by atoms with Crippen LogP contribution in [0.25, 0.3) is 17.2 Å². The number of carbonyl (C=O) groups excluding carboxylic acids is 2. The highest BCUT2D eigenvalue weighted by Gasteiger charge is 2.52. The highest BCUT2D eigenvalue weighted by molar-refractivity contribution is 7.11. The lowest BCUT2D eigenvalue weighted by atomic mass is 9.77. The third-order valence-corrected chi connectivity index (χ3v) is 8.32. The van der Waals surface area contributed by atoms with E-state index in [2.05, 4.69) is 29.6 Å². The van der Waals surface area contributed by atoms with Gasteiger partial charge in [0.1, 0.15) is 6.61 Å². The Labute approximate surface area is 221 Å². The van der Waals surface area contributed by atoms with Crippen LogP contribution < -0.4 is 5.32 Å². The van der Waals surface area contributed by atoms with Crippen LogP contribution in [-0.2, 0) is 14.0 Å². The molecule has 1 fully saturated rings. The topological polar surface area (TPSA) is 73.9 Å². The molecule has 5 rings (SSSR count). The summed E-state index contributed by atoms with van der Waals surface area (Å²) in [5.74, 6) is -0.0103. The smallest absolute Gasteiger partial charge is 0.449 e. The first-order valence-electron chi connectivity index (χ1n) is 12.4. The minimum Gasteiger partial charge on any atom is -0.449 e. The maximum absolute atomic E-state index is 12.8. The molecule has 0 bridgehead atoms. The number of hydrogen-bond donors (Lipinski definition) is 1. The molecule has 2 heterocycles. The van der Waals surface area contributed by atoms with Gasteiger partial charge in [0.15, 0.2) is 6.29 Å². The molecule has 2 aromatic carbocycles. The molecule has 1 amide bonds. The first kappa shape index (κ1) is 25.5. The van der Waals surface area contributed by atoms with Gasteiger partial charge in [0.25, 0.3) is 0 Å². The second-order valence-corrected chi connectivity index (χ2v) is 11.3. The number of aldehydes is 1. The maximum atomic E-state index is 12.8. The molecule has 0 radical (unpaired) electrons. The number of alkyl carbamates (subject to hydrolysis) is 1. The van der Waals surface area contributed by atoms with E-state index in [1.807, 2.05) is 63.4 Å². The van der Waals surface area contributed by atoms with Crippen LogP contribution in [0.5, 0.6) is 0 Å². The van der Waals surface area contributed by atoms with E-state index in [0.717, 1.165) is 28.4 Å². The van der Waals surface area contributed by atoms with Gasteiger partial charge in [-0.1, -0.05) is 54.6 Å². The monoisotopic (exact) mass is 515 g/mol. The molecule has 8 heteroatoms. The molecule has 0 unspecified atom stereocenters. The molecule has 1 aliphatic carbocycles. The largest absolute Gasteiger partial charge is 0.492 e. The summed E-state index contributed by atoms with van der Waals surface area (Å²) in [6.45, 7) is 8.36. The Morgan fingerprint density at radius 2 is 1.62 bits per heavy atom. The second-order valence-electron chi connectivity index (χ2n) is 10.4. The van der Waals surface area contributed by atoms with Gasteiger partial charge in [-0.25, -0.2) is 4.79 Å². The average molecular weight is 515 g/mol. The van der Waals surface area contributed by atoms with E-state index in [1.54, 1.807) is 6.07 Å². The van der Waals surface area contributed by atoms with E-state index >= 15 is 0 Å². The van der Waals surface area contributed by atoms with Gasteiger partial charge in [0, 0.05) is 12.5 Å². The Balaban J connectivity index is 1.29. The number of benzene rings is 2. The summed E-state index contributed by atoms with van der Waals surface area (Å²) in [5.41, 5.74) is 5.24. The molecular formula is C29H30BNO5S. The molecule has 1 N–H and O–H groups in total. The molecule has 3 aromatic rings. The first-order valence-corrected chi connectivity index (χ1v) is 13.2. The normalized spacial score (nSPS) is 17.8. The van der Waals surface area contributed by atoms with Crippen molar-refractivity contribution in [1.82, 2.24) is 5.32 Å². The van der Waals surface area contributed by atoms with Gasteiger partial charge in [-0.05, 0) is 72.4 Å². The molecule has 0 atom stereocenters. The van der Waals surface area contributed by atoms with Crippen molar-refractivity contribution in [2.75, 3.05) is 13.2 Å². The second kappa shape index (κ2) is 9.93. The van der Waals surface area contributed by atoms with Crippen molar-refractivity contribution in [2.45, 2.75) is 44.8 Å². The van der Waals surface area contributed by atoms with Gasteiger partial charge in [0.2, 0.25) is 0 Å². The van der Waals surface area contributed by atoms with E-state index in [1.165, 1.54) is 22.5 Å². The molecule has 6 nitrogen and oxygen atoms in total. The van der Waals surface area contributed by atoms with E-state index in [4.69, 9.17) is 14.0 Å². The van der Waals surface area contributed by atoms with Gasteiger partial charge in [-0.15, -0.1) is 11.3 Å². The van der Waals surface area contributed by atoms with E-state index < -0.39 is 24.4 Å². The first-order chi connectivity index (χ1) is 17.7. The van der Waals surface area contributed by atoms with Gasteiger partial charge in [-0.3, -0.25) is 4.79 Å². The van der Waals surface area contributed by atoms with Crippen molar-refractivity contribution in [3.8, 4) is 11.1 Å². The van der Waals surface area contributed by atoms with Crippen molar-refractivity contribution in [2.24, 2.45) is 0 Å². The van der Waals surface area contributed by atoms with Crippen LogP contribution in [0.4, 0.5) is 4.79 Å². The Hall–Kier alpha value is -3.20. The van der Waals surface area contributed by atoms with Crippen LogP contribution in [0.3, 0.4) is 0 Å². The molecule has 37 heavy (non-hydrogen) atoms. The van der Waals surface area contributed by atoms with Crippen molar-refractivity contribution in [1.29, 1.82) is 0 Å². The summed E-state index contributed by atoms with van der Waals surface area (Å²) in [4.78, 5) is 24.6. The Morgan fingerprint density at radius 3 is 2.19 bits per heavy atom. The highest BCUT2D eigenvalue weighted by Crippen LogP contribution is 2.44. The Bertz CT molecular complexity index is 1300. The lowest BCUT2D eigenvalue weighted by Crippen LogP contribution is -2.41. The number of rotatable bonds is 7. The average Bonchev–Trinajstić information content (AvgIpc) is 3.52. The SMILES string of the molecule is CC1(C)OB(C(=Cc2csc(C=O)c2)CNC(=O)OCC2c3ccccc3-c3ccccc32)OC1(C)C. The van der Waals surface area contributed by atoms with Gasteiger partial charge in [0.05, 0.1) is 16.1 Å². The number of amides is 1. The quantitative estimate of drug-likeness (QED) is 0.304. The van der Waals surface area contributed by atoms with Crippen LogP contribution in [0.1, 0.15) is 60.0 Å². The molecule has 190 valence electrons. The predicted octanol–water partition coefficient (Wildman–Crippen LogP) is 6.11. The number of fused-ring (bicyclic) bond motifs is 3. The Kier molecular flexibility index (Phi) is 6.83. The van der Waals surface area contributed by atoms with E-state index in [0.29, 0.717) is 4.88 Å². The molecule has 0 spiro atoms. The number of ether oxygens (including phenoxy) is 1. The lowest BCUT2D eigenvalue weighted by molar-refractivity contribution is 0.00578. The molecule has 1 saturated heterocycles. The Morgan fingerprint density at radius 1 is 1.03 bits per heavy atom. The summed E-state index contributed by atoms with van der Waals surface area (Å²) in [7, 11) is -0.640. The summed E-state index contributed by atoms with van der Waals surface area (Å²) in [6.07, 6.45) is 2.21. The zero-order valence-electron chi connectivity index (χ0n) is 21.4. The van der Waals surface area contributed by atoms with Crippen LogP contribution in [-0.4, -0.2) is 43.9 Å². The zero-order chi connectivity index (χ0) is 26.2. The minimum atomic E-state index is -0.640. The van der Waals surface area contributed by atoms with E-state index in [-0.39, 0.29) is 19.1 Å². The fourth-order valence-electron chi connectivity index (χ4n) is 4.74. The third kappa shape index (κ3) is 5.01. The lowest BCUT2D eigenvalue weighted by Gasteiger charge is -2.32. The van der Waals surface area contributed by atoms with Crippen LogP contribution in [0.15, 0.2) is 65.4 Å². The molecule has 1 aromatic heterocycles. The molecular weight excluding hydrogens is 485 g/mol. The highest BCUT2D eigenvalue weighted by atomic mass is 32.1. The summed E-state index contributed by atoms with van der Waals surface area (Å²) < 4.78 is 18.2. The molecule has 0 saturated carbocycles. The van der Waals surface area contributed by atoms with Crippen molar-refractivity contribution >= 4 is 36.9 Å². The van der Waals surface area contributed by atoms with E-state index in [9.17, 15) is 9.59 Å². The van der Waals surface area contributed by atoms with Crippen LogP contribution in [0.2, 0.25) is 0 Å². The summed E-state index contributed by atoms with van der Waals surface area (Å²) in [5, 5.41) is 4.76. The predicted molar refractivity (Wildman–Crippen MR) is 147 cm³/mol. The van der Waals surface area contributed by atoms with Crippen molar-refractivity contribution in [3.63, 3.8) is 0 Å². The maximum Gasteiger partial charge on any atom is 0.492 e. The van der Waals surface area contributed by atoms with Crippen molar-refractivity contribution in [3.05, 3.63) is 87.0 Å². The minimum absolute atomic E-state index is 0.0103.